The van der Waals surface area contributed by atoms with Gasteiger partial charge < -0.3 is 14.7 Å². The number of β-amino-alcohol motifs (C(OH)–C–C–N with tert-alkyl or cyclic N) is 1. The number of aliphatic hydroxyl groups excluding tert-OH is 1. The molecule has 5 rings (SSSR count). The van der Waals surface area contributed by atoms with Crippen LogP contribution in [0.15, 0.2) is 76.5 Å². The Labute approximate surface area is 226 Å². The van der Waals surface area contributed by atoms with E-state index in [1.165, 1.54) is 22.6 Å². The fourth-order valence-corrected chi connectivity index (χ4v) is 5.27. The van der Waals surface area contributed by atoms with Gasteiger partial charge in [0.2, 0.25) is 0 Å². The van der Waals surface area contributed by atoms with E-state index in [9.17, 15) is 23.1 Å². The van der Waals surface area contributed by atoms with Crippen molar-refractivity contribution in [1.29, 1.82) is 0 Å². The summed E-state index contributed by atoms with van der Waals surface area (Å²) in [4.78, 5) is 16.5. The number of carbonyl (C=O) groups excluding carboxylic acids is 1. The third-order valence-corrected chi connectivity index (χ3v) is 7.24. The number of ether oxygens (including phenoxy) is 1. The highest BCUT2D eigenvalue weighted by molar-refractivity contribution is 7.99. The average molecular weight is 556 g/mol. The van der Waals surface area contributed by atoms with Crippen LogP contribution in [-0.2, 0) is 17.3 Å². The SMILES string of the molecule is CCOC(=O)c1ccc(-n2nnc(CCC(O)CN3c4ccccc4Sc4ccc(C(F)(F)F)cc43)n2)cc1. The maximum absolute atomic E-state index is 13.4. The quantitative estimate of drug-likeness (QED) is 0.287. The highest BCUT2D eigenvalue weighted by Gasteiger charge is 2.33. The van der Waals surface area contributed by atoms with E-state index in [1.807, 2.05) is 24.3 Å². The first-order valence-corrected chi connectivity index (χ1v) is 13.0. The molecule has 0 aliphatic carbocycles. The number of aromatic nitrogens is 4. The van der Waals surface area contributed by atoms with Gasteiger partial charge in [-0.15, -0.1) is 15.0 Å². The first kappa shape index (κ1) is 26.7. The van der Waals surface area contributed by atoms with Gasteiger partial charge in [0.15, 0.2) is 5.82 Å². The van der Waals surface area contributed by atoms with Crippen LogP contribution in [-0.4, -0.2) is 50.5 Å². The van der Waals surface area contributed by atoms with Crippen molar-refractivity contribution >= 4 is 29.1 Å². The smallest absolute Gasteiger partial charge is 0.416 e. The van der Waals surface area contributed by atoms with Gasteiger partial charge in [-0.25, -0.2) is 4.79 Å². The van der Waals surface area contributed by atoms with Crippen molar-refractivity contribution in [3.63, 3.8) is 0 Å². The van der Waals surface area contributed by atoms with E-state index >= 15 is 0 Å². The molecule has 0 amide bonds. The number of aryl methyl sites for hydroxylation is 1. The number of tetrazole rings is 1. The van der Waals surface area contributed by atoms with Gasteiger partial charge in [0, 0.05) is 22.8 Å². The Balaban J connectivity index is 1.28. The molecule has 2 heterocycles. The molecule has 1 atom stereocenters. The monoisotopic (exact) mass is 555 g/mol. The summed E-state index contributed by atoms with van der Waals surface area (Å²) in [7, 11) is 0. The van der Waals surface area contributed by atoms with Crippen LogP contribution < -0.4 is 4.90 Å². The lowest BCUT2D eigenvalue weighted by molar-refractivity contribution is -0.137. The summed E-state index contributed by atoms with van der Waals surface area (Å²) in [5.41, 5.74) is 1.41. The predicted octanol–water partition coefficient (Wildman–Crippen LogP) is 5.45. The molecular formula is C27H24F3N5O3S. The minimum Gasteiger partial charge on any atom is -0.462 e. The molecule has 1 aliphatic rings. The second-order valence-corrected chi connectivity index (χ2v) is 9.90. The van der Waals surface area contributed by atoms with E-state index in [-0.39, 0.29) is 19.6 Å². The van der Waals surface area contributed by atoms with Crippen LogP contribution in [0, 0.1) is 0 Å². The topological polar surface area (TPSA) is 93.4 Å². The Bertz CT molecular complexity index is 1480. The van der Waals surface area contributed by atoms with Crippen LogP contribution in [0.4, 0.5) is 24.5 Å². The molecule has 1 aromatic heterocycles. The Morgan fingerprint density at radius 1 is 1.05 bits per heavy atom. The first-order chi connectivity index (χ1) is 18.7. The summed E-state index contributed by atoms with van der Waals surface area (Å²) in [6.07, 6.45) is -4.77. The van der Waals surface area contributed by atoms with Crippen LogP contribution in [0.5, 0.6) is 0 Å². The van der Waals surface area contributed by atoms with E-state index < -0.39 is 23.8 Å². The molecule has 0 radical (unpaired) electrons. The molecule has 202 valence electrons. The zero-order valence-electron chi connectivity index (χ0n) is 20.8. The molecule has 1 N–H and O–H groups in total. The summed E-state index contributed by atoms with van der Waals surface area (Å²) in [5, 5.41) is 23.3. The number of nitrogens with zero attached hydrogens (tertiary/aromatic N) is 5. The standard InChI is InChI=1S/C27H24F3N5O3S/c1-2-38-26(37)17-7-10-19(11-8-17)35-32-25(31-33-35)14-12-20(36)16-34-21-5-3-4-6-23(21)39-24-13-9-18(15-22(24)34)27(28,29)30/h3-11,13,15,20,36H,2,12,14,16H2,1H3. The lowest BCUT2D eigenvalue weighted by atomic mass is 10.1. The minimum absolute atomic E-state index is 0.0926. The number of alkyl halides is 3. The number of aliphatic hydroxyl groups is 1. The largest absolute Gasteiger partial charge is 0.462 e. The molecule has 0 fully saturated rings. The van der Waals surface area contributed by atoms with Crippen LogP contribution in [0.3, 0.4) is 0 Å². The number of halogens is 3. The highest BCUT2D eigenvalue weighted by Crippen LogP contribution is 2.49. The highest BCUT2D eigenvalue weighted by atomic mass is 32.2. The van der Waals surface area contributed by atoms with Crippen LogP contribution >= 0.6 is 11.8 Å². The van der Waals surface area contributed by atoms with Crippen LogP contribution in [0.2, 0.25) is 0 Å². The number of anilines is 2. The van der Waals surface area contributed by atoms with Crippen molar-refractivity contribution in [1.82, 2.24) is 20.2 Å². The Hall–Kier alpha value is -3.90. The van der Waals surface area contributed by atoms with Gasteiger partial charge in [0.1, 0.15) is 0 Å². The van der Waals surface area contributed by atoms with Crippen molar-refractivity contribution in [2.24, 2.45) is 0 Å². The van der Waals surface area contributed by atoms with Crippen LogP contribution in [0.25, 0.3) is 5.69 Å². The molecule has 8 nitrogen and oxygen atoms in total. The number of para-hydroxylation sites is 1. The second kappa shape index (κ2) is 11.1. The van der Waals surface area contributed by atoms with Crippen molar-refractivity contribution < 1.29 is 27.8 Å². The molecule has 0 spiro atoms. The number of fused-ring (bicyclic) bond motifs is 2. The predicted molar refractivity (Wildman–Crippen MR) is 138 cm³/mol. The third kappa shape index (κ3) is 5.91. The third-order valence-electron chi connectivity index (χ3n) is 6.11. The number of esters is 1. The second-order valence-electron chi connectivity index (χ2n) is 8.82. The summed E-state index contributed by atoms with van der Waals surface area (Å²) in [6.45, 7) is 2.11. The van der Waals surface area contributed by atoms with Crippen molar-refractivity contribution in [3.8, 4) is 5.69 Å². The first-order valence-electron chi connectivity index (χ1n) is 12.2. The maximum Gasteiger partial charge on any atom is 0.416 e. The van der Waals surface area contributed by atoms with Gasteiger partial charge in [0.05, 0.1) is 40.9 Å². The zero-order chi connectivity index (χ0) is 27.6. The zero-order valence-corrected chi connectivity index (χ0v) is 21.6. The molecule has 12 heteroatoms. The Morgan fingerprint density at radius 3 is 2.54 bits per heavy atom. The van der Waals surface area contributed by atoms with Crippen molar-refractivity contribution in [2.45, 2.75) is 41.8 Å². The van der Waals surface area contributed by atoms with Gasteiger partial charge >= 0.3 is 12.1 Å². The van der Waals surface area contributed by atoms with Gasteiger partial charge in [-0.05, 0) is 73.2 Å². The Morgan fingerprint density at radius 2 is 1.79 bits per heavy atom. The van der Waals surface area contributed by atoms with Gasteiger partial charge in [0.25, 0.3) is 0 Å². The van der Waals surface area contributed by atoms with E-state index in [0.717, 1.165) is 22.7 Å². The van der Waals surface area contributed by atoms with Crippen LogP contribution in [0.1, 0.15) is 35.1 Å². The molecule has 1 unspecified atom stereocenters. The fraction of sp³-hybridized carbons (Fsp3) is 0.259. The number of rotatable bonds is 8. The molecule has 1 aliphatic heterocycles. The van der Waals surface area contributed by atoms with Gasteiger partial charge in [-0.1, -0.05) is 23.9 Å². The van der Waals surface area contributed by atoms with Crippen molar-refractivity contribution in [3.05, 3.63) is 83.7 Å². The lowest BCUT2D eigenvalue weighted by Gasteiger charge is -2.34. The summed E-state index contributed by atoms with van der Waals surface area (Å²) in [6, 6.07) is 17.7. The molecule has 0 saturated carbocycles. The normalized spacial score (nSPS) is 13.5. The number of hydrogen-bond acceptors (Lipinski definition) is 8. The van der Waals surface area contributed by atoms with E-state index in [1.54, 1.807) is 36.1 Å². The van der Waals surface area contributed by atoms with Gasteiger partial charge in [-0.2, -0.15) is 13.2 Å². The van der Waals surface area contributed by atoms with Gasteiger partial charge in [-0.3, -0.25) is 0 Å². The molecule has 0 saturated heterocycles. The van der Waals surface area contributed by atoms with E-state index in [4.69, 9.17) is 4.74 Å². The molecule has 4 aromatic rings. The minimum atomic E-state index is -4.47. The van der Waals surface area contributed by atoms with Crippen molar-refractivity contribution in [2.75, 3.05) is 18.1 Å². The van der Waals surface area contributed by atoms with E-state index in [0.29, 0.717) is 34.1 Å². The fourth-order valence-electron chi connectivity index (χ4n) is 4.20. The summed E-state index contributed by atoms with van der Waals surface area (Å²) >= 11 is 1.40. The lowest BCUT2D eigenvalue weighted by Crippen LogP contribution is -2.31. The molecule has 0 bridgehead atoms. The molecule has 3 aromatic carbocycles. The number of benzene rings is 3. The Kier molecular flexibility index (Phi) is 7.58. The maximum atomic E-state index is 13.4. The average Bonchev–Trinajstić information content (AvgIpc) is 3.40. The summed E-state index contributed by atoms with van der Waals surface area (Å²) < 4.78 is 45.3. The number of carbonyl (C=O) groups is 1. The molecule has 39 heavy (non-hydrogen) atoms. The summed E-state index contributed by atoms with van der Waals surface area (Å²) in [5.74, 6) is -0.0182. The number of hydrogen-bond donors (Lipinski definition) is 1. The van der Waals surface area contributed by atoms with E-state index in [2.05, 4.69) is 15.4 Å². The molecular weight excluding hydrogens is 531 g/mol.